The SMILES string of the molecule is CC(C)OC(=O)c1cc(C(=O)OC2C=CCCC2)ccc1[N+](=O)[O-]. The van der Waals surface area contributed by atoms with Crippen molar-refractivity contribution in [1.29, 1.82) is 0 Å². The molecule has 0 bridgehead atoms. The number of carbonyl (C=O) groups is 2. The summed E-state index contributed by atoms with van der Waals surface area (Å²) in [5, 5.41) is 11.1. The third-order valence-corrected chi connectivity index (χ3v) is 3.46. The molecule has 1 aromatic rings. The molecule has 2 rings (SSSR count). The van der Waals surface area contributed by atoms with E-state index in [2.05, 4.69) is 0 Å². The van der Waals surface area contributed by atoms with Gasteiger partial charge in [0.15, 0.2) is 0 Å². The Morgan fingerprint density at radius 3 is 2.62 bits per heavy atom. The van der Waals surface area contributed by atoms with Crippen LogP contribution in [0.25, 0.3) is 0 Å². The highest BCUT2D eigenvalue weighted by Crippen LogP contribution is 2.23. The summed E-state index contributed by atoms with van der Waals surface area (Å²) in [6.45, 7) is 3.27. The Balaban J connectivity index is 2.26. The predicted molar refractivity (Wildman–Crippen MR) is 85.8 cm³/mol. The average molecular weight is 333 g/mol. The maximum absolute atomic E-state index is 12.2. The Kier molecular flexibility index (Phi) is 5.68. The zero-order valence-corrected chi connectivity index (χ0v) is 13.6. The average Bonchev–Trinajstić information content (AvgIpc) is 2.54. The van der Waals surface area contributed by atoms with E-state index in [1.165, 1.54) is 6.07 Å². The smallest absolute Gasteiger partial charge is 0.345 e. The van der Waals surface area contributed by atoms with Gasteiger partial charge in [-0.15, -0.1) is 0 Å². The van der Waals surface area contributed by atoms with Gasteiger partial charge in [0.05, 0.1) is 16.6 Å². The Morgan fingerprint density at radius 1 is 1.29 bits per heavy atom. The number of benzene rings is 1. The Labute approximate surface area is 139 Å². The molecule has 1 aliphatic carbocycles. The fourth-order valence-electron chi connectivity index (χ4n) is 2.35. The van der Waals surface area contributed by atoms with Crippen molar-refractivity contribution < 1.29 is 24.0 Å². The molecule has 0 saturated carbocycles. The molecule has 1 aromatic carbocycles. The van der Waals surface area contributed by atoms with Crippen LogP contribution in [0.3, 0.4) is 0 Å². The van der Waals surface area contributed by atoms with Crippen LogP contribution in [0.1, 0.15) is 53.8 Å². The molecule has 0 fully saturated rings. The van der Waals surface area contributed by atoms with E-state index in [1.807, 2.05) is 12.2 Å². The third-order valence-electron chi connectivity index (χ3n) is 3.46. The van der Waals surface area contributed by atoms with E-state index in [0.717, 1.165) is 31.4 Å². The monoisotopic (exact) mass is 333 g/mol. The van der Waals surface area contributed by atoms with E-state index >= 15 is 0 Å². The van der Waals surface area contributed by atoms with Crippen molar-refractivity contribution in [3.63, 3.8) is 0 Å². The number of hydrogen-bond donors (Lipinski definition) is 0. The topological polar surface area (TPSA) is 95.7 Å². The quantitative estimate of drug-likeness (QED) is 0.354. The standard InChI is InChI=1S/C17H19NO6/c1-11(2)23-17(20)14-10-12(8-9-15(14)18(21)22)16(19)24-13-6-4-3-5-7-13/h4,6,8-11,13H,3,5,7H2,1-2H3. The number of carbonyl (C=O) groups excluding carboxylic acids is 2. The van der Waals surface area contributed by atoms with Crippen LogP contribution in [0.15, 0.2) is 30.4 Å². The second-order valence-electron chi connectivity index (χ2n) is 5.75. The second-order valence-corrected chi connectivity index (χ2v) is 5.75. The van der Waals surface area contributed by atoms with Crippen LogP contribution in [0, 0.1) is 10.1 Å². The van der Waals surface area contributed by atoms with Gasteiger partial charge in [-0.05, 0) is 51.3 Å². The van der Waals surface area contributed by atoms with Gasteiger partial charge in [-0.3, -0.25) is 10.1 Å². The van der Waals surface area contributed by atoms with E-state index < -0.39 is 28.7 Å². The fourth-order valence-corrected chi connectivity index (χ4v) is 2.35. The van der Waals surface area contributed by atoms with E-state index in [9.17, 15) is 19.7 Å². The number of rotatable bonds is 5. The summed E-state index contributed by atoms with van der Waals surface area (Å²) in [5.74, 6) is -1.47. The van der Waals surface area contributed by atoms with Gasteiger partial charge < -0.3 is 9.47 Å². The lowest BCUT2D eigenvalue weighted by Gasteiger charge is -2.17. The highest BCUT2D eigenvalue weighted by Gasteiger charge is 2.25. The summed E-state index contributed by atoms with van der Waals surface area (Å²) in [5.41, 5.74) is -0.590. The first kappa shape index (κ1) is 17.7. The summed E-state index contributed by atoms with van der Waals surface area (Å²) in [6.07, 6.45) is 5.64. The Hall–Kier alpha value is -2.70. The van der Waals surface area contributed by atoms with Gasteiger partial charge in [0.25, 0.3) is 5.69 Å². The molecule has 0 N–H and O–H groups in total. The summed E-state index contributed by atoms with van der Waals surface area (Å²) in [7, 11) is 0. The van der Waals surface area contributed by atoms with Gasteiger partial charge in [-0.2, -0.15) is 0 Å². The molecule has 0 aliphatic heterocycles. The largest absolute Gasteiger partial charge is 0.459 e. The fraction of sp³-hybridized carbons (Fsp3) is 0.412. The van der Waals surface area contributed by atoms with Crippen molar-refractivity contribution in [2.45, 2.75) is 45.3 Å². The first-order valence-corrected chi connectivity index (χ1v) is 7.75. The molecule has 1 atom stereocenters. The lowest BCUT2D eigenvalue weighted by atomic mass is 10.0. The molecule has 0 radical (unpaired) electrons. The molecule has 1 aliphatic rings. The molecule has 0 heterocycles. The summed E-state index contributed by atoms with van der Waals surface area (Å²) < 4.78 is 10.4. The number of nitro benzene ring substituents is 1. The van der Waals surface area contributed by atoms with Crippen LogP contribution >= 0.6 is 0 Å². The summed E-state index contributed by atoms with van der Waals surface area (Å²) in [6, 6.07) is 3.54. The lowest BCUT2D eigenvalue weighted by Crippen LogP contribution is -2.19. The van der Waals surface area contributed by atoms with Crippen molar-refractivity contribution in [3.05, 3.63) is 51.6 Å². The van der Waals surface area contributed by atoms with Crippen molar-refractivity contribution in [1.82, 2.24) is 0 Å². The normalized spacial score (nSPS) is 16.7. The first-order chi connectivity index (χ1) is 11.4. The van der Waals surface area contributed by atoms with Crippen LogP contribution in [0.4, 0.5) is 5.69 Å². The molecule has 24 heavy (non-hydrogen) atoms. The van der Waals surface area contributed by atoms with E-state index in [0.29, 0.717) is 0 Å². The predicted octanol–water partition coefficient (Wildman–Crippen LogP) is 3.43. The van der Waals surface area contributed by atoms with Gasteiger partial charge in [0, 0.05) is 6.07 Å². The number of hydrogen-bond acceptors (Lipinski definition) is 6. The Bertz CT molecular complexity index is 680. The van der Waals surface area contributed by atoms with Crippen LogP contribution in [-0.2, 0) is 9.47 Å². The van der Waals surface area contributed by atoms with Gasteiger partial charge in [-0.1, -0.05) is 6.08 Å². The van der Waals surface area contributed by atoms with Crippen molar-refractivity contribution >= 4 is 17.6 Å². The van der Waals surface area contributed by atoms with Crippen LogP contribution in [-0.4, -0.2) is 29.1 Å². The minimum atomic E-state index is -0.844. The molecule has 0 amide bonds. The molecular weight excluding hydrogens is 314 g/mol. The van der Waals surface area contributed by atoms with Crippen molar-refractivity contribution in [2.24, 2.45) is 0 Å². The van der Waals surface area contributed by atoms with Gasteiger partial charge in [0.2, 0.25) is 0 Å². The molecule has 0 aromatic heterocycles. The first-order valence-electron chi connectivity index (χ1n) is 7.75. The van der Waals surface area contributed by atoms with Crippen molar-refractivity contribution in [2.75, 3.05) is 0 Å². The molecule has 0 saturated heterocycles. The Morgan fingerprint density at radius 2 is 2.04 bits per heavy atom. The van der Waals surface area contributed by atoms with Crippen LogP contribution in [0.5, 0.6) is 0 Å². The van der Waals surface area contributed by atoms with Crippen molar-refractivity contribution in [3.8, 4) is 0 Å². The third kappa shape index (κ3) is 4.41. The molecule has 0 spiro atoms. The minimum Gasteiger partial charge on any atom is -0.459 e. The number of allylic oxidation sites excluding steroid dienone is 1. The maximum Gasteiger partial charge on any atom is 0.345 e. The second kappa shape index (κ2) is 7.72. The zero-order valence-electron chi connectivity index (χ0n) is 13.6. The highest BCUT2D eigenvalue weighted by molar-refractivity contribution is 5.98. The molecule has 7 nitrogen and oxygen atoms in total. The number of nitro groups is 1. The molecular formula is C17H19NO6. The number of ether oxygens (including phenoxy) is 2. The van der Waals surface area contributed by atoms with Gasteiger partial charge >= 0.3 is 11.9 Å². The highest BCUT2D eigenvalue weighted by atomic mass is 16.6. The zero-order chi connectivity index (χ0) is 17.7. The van der Waals surface area contributed by atoms with Crippen LogP contribution in [0.2, 0.25) is 0 Å². The lowest BCUT2D eigenvalue weighted by molar-refractivity contribution is -0.385. The van der Waals surface area contributed by atoms with E-state index in [-0.39, 0.29) is 17.2 Å². The summed E-state index contributed by atoms with van der Waals surface area (Å²) >= 11 is 0. The van der Waals surface area contributed by atoms with Gasteiger partial charge in [0.1, 0.15) is 11.7 Å². The number of nitrogens with zero attached hydrogens (tertiary/aromatic N) is 1. The van der Waals surface area contributed by atoms with Crippen LogP contribution < -0.4 is 0 Å². The molecule has 1 unspecified atom stereocenters. The maximum atomic E-state index is 12.2. The van der Waals surface area contributed by atoms with Gasteiger partial charge in [-0.25, -0.2) is 9.59 Å². The molecule has 128 valence electrons. The minimum absolute atomic E-state index is 0.0790. The van der Waals surface area contributed by atoms with E-state index in [1.54, 1.807) is 13.8 Å². The number of esters is 2. The summed E-state index contributed by atoms with van der Waals surface area (Å²) in [4.78, 5) is 34.7. The molecule has 7 heteroatoms. The van der Waals surface area contributed by atoms with E-state index in [4.69, 9.17) is 9.47 Å².